The Labute approximate surface area is 204 Å². The third-order valence-corrected chi connectivity index (χ3v) is 6.81. The van der Waals surface area contributed by atoms with Gasteiger partial charge in [0.15, 0.2) is 0 Å². The van der Waals surface area contributed by atoms with Gasteiger partial charge in [-0.1, -0.05) is 6.07 Å². The van der Waals surface area contributed by atoms with Crippen LogP contribution >= 0.6 is 0 Å². The zero-order valence-corrected chi connectivity index (χ0v) is 19.9. The molecule has 0 spiro atoms. The minimum absolute atomic E-state index is 0.00304. The minimum Gasteiger partial charge on any atom is -0.497 e. The number of amides is 3. The number of ether oxygens (including phenoxy) is 1. The number of hydrogen-bond acceptors (Lipinski definition) is 5. The van der Waals surface area contributed by atoms with Gasteiger partial charge in [0.1, 0.15) is 11.6 Å². The van der Waals surface area contributed by atoms with Crippen LogP contribution in [0.3, 0.4) is 0 Å². The van der Waals surface area contributed by atoms with Crippen molar-refractivity contribution >= 4 is 17.7 Å². The second-order valence-electron chi connectivity index (χ2n) is 9.40. The molecule has 0 bridgehead atoms. The molecule has 35 heavy (non-hydrogen) atoms. The fourth-order valence-electron chi connectivity index (χ4n) is 4.91. The summed E-state index contributed by atoms with van der Waals surface area (Å²) in [5, 5.41) is 5.95. The summed E-state index contributed by atoms with van der Waals surface area (Å²) in [6.07, 6.45) is 6.25. The molecule has 1 aromatic carbocycles. The number of aromatic nitrogens is 1. The van der Waals surface area contributed by atoms with Crippen molar-refractivity contribution in [3.63, 3.8) is 0 Å². The second kappa shape index (κ2) is 10.8. The average Bonchev–Trinajstić information content (AvgIpc) is 3.44. The van der Waals surface area contributed by atoms with Crippen LogP contribution in [-0.2, 0) is 27.3 Å². The molecular formula is C26H31FN4O4. The predicted molar refractivity (Wildman–Crippen MR) is 127 cm³/mol. The molecule has 2 N–H and O–H groups in total. The van der Waals surface area contributed by atoms with E-state index in [1.165, 1.54) is 13.2 Å². The van der Waals surface area contributed by atoms with Crippen LogP contribution in [0.4, 0.5) is 4.39 Å². The summed E-state index contributed by atoms with van der Waals surface area (Å²) in [5.74, 6) is -0.00831. The van der Waals surface area contributed by atoms with Gasteiger partial charge in [0.25, 0.3) is 0 Å². The SMILES string of the molecule is COc1ccc(F)c(C[C@@]2(CCC(=O)N(Cc3cccnc3)C[C@@H]3CCC(=O)N3)CCC(=O)N2)c1. The quantitative estimate of drug-likeness (QED) is 0.542. The van der Waals surface area contributed by atoms with Gasteiger partial charge in [0, 0.05) is 56.3 Å². The predicted octanol–water partition coefficient (Wildman–Crippen LogP) is 2.51. The Morgan fingerprint density at radius 1 is 1.26 bits per heavy atom. The van der Waals surface area contributed by atoms with Crippen LogP contribution in [0.2, 0.25) is 0 Å². The van der Waals surface area contributed by atoms with Gasteiger partial charge in [-0.3, -0.25) is 19.4 Å². The van der Waals surface area contributed by atoms with Crippen LogP contribution in [0.5, 0.6) is 5.75 Å². The zero-order valence-electron chi connectivity index (χ0n) is 19.9. The average molecular weight is 483 g/mol. The molecule has 0 saturated carbocycles. The second-order valence-corrected chi connectivity index (χ2v) is 9.40. The number of carbonyl (C=O) groups is 3. The lowest BCUT2D eigenvalue weighted by atomic mass is 9.84. The van der Waals surface area contributed by atoms with E-state index >= 15 is 0 Å². The lowest BCUT2D eigenvalue weighted by Gasteiger charge is -2.31. The normalized spacial score (nSPS) is 21.5. The minimum atomic E-state index is -0.707. The highest BCUT2D eigenvalue weighted by atomic mass is 19.1. The highest BCUT2D eigenvalue weighted by molar-refractivity contribution is 5.81. The third kappa shape index (κ3) is 6.35. The molecule has 2 saturated heterocycles. The highest BCUT2D eigenvalue weighted by Crippen LogP contribution is 2.32. The molecule has 3 heterocycles. The molecule has 0 unspecified atom stereocenters. The molecule has 9 heteroatoms. The van der Waals surface area contributed by atoms with Gasteiger partial charge in [0.2, 0.25) is 17.7 Å². The summed E-state index contributed by atoms with van der Waals surface area (Å²) < 4.78 is 19.8. The van der Waals surface area contributed by atoms with Crippen molar-refractivity contribution in [2.75, 3.05) is 13.7 Å². The standard InChI is InChI=1S/C26H31FN4O4/c1-35-21-5-6-22(27)19(13-21)14-26(10-8-24(33)30-26)11-9-25(34)31(16-18-3-2-12-28-15-18)17-20-4-7-23(32)29-20/h2-3,5-6,12-13,15,20H,4,7-11,14,16-17H2,1H3,(H,29,32)(H,30,33)/t20-,26-/m0/s1. The monoisotopic (exact) mass is 482 g/mol. The largest absolute Gasteiger partial charge is 0.497 e. The van der Waals surface area contributed by atoms with Crippen LogP contribution in [0.15, 0.2) is 42.7 Å². The lowest BCUT2D eigenvalue weighted by Crippen LogP contribution is -2.46. The van der Waals surface area contributed by atoms with E-state index in [1.54, 1.807) is 29.4 Å². The van der Waals surface area contributed by atoms with Gasteiger partial charge in [-0.05, 0) is 61.1 Å². The Kier molecular flexibility index (Phi) is 7.63. The number of pyridine rings is 1. The molecule has 2 fully saturated rings. The topological polar surface area (TPSA) is 101 Å². The van der Waals surface area contributed by atoms with E-state index in [-0.39, 0.29) is 42.4 Å². The van der Waals surface area contributed by atoms with E-state index in [0.717, 1.165) is 5.56 Å². The number of carbonyl (C=O) groups excluding carboxylic acids is 3. The molecule has 1 aromatic heterocycles. The first-order chi connectivity index (χ1) is 16.9. The molecule has 2 aromatic rings. The molecule has 2 aliphatic rings. The Bertz CT molecular complexity index is 1080. The number of methoxy groups -OCH3 is 1. The van der Waals surface area contributed by atoms with Gasteiger partial charge in [-0.25, -0.2) is 4.39 Å². The summed E-state index contributed by atoms with van der Waals surface area (Å²) in [4.78, 5) is 43.1. The Hall–Kier alpha value is -3.49. The van der Waals surface area contributed by atoms with Gasteiger partial charge < -0.3 is 20.3 Å². The van der Waals surface area contributed by atoms with Crippen LogP contribution in [0.1, 0.15) is 49.7 Å². The van der Waals surface area contributed by atoms with Crippen molar-refractivity contribution in [2.45, 2.75) is 63.1 Å². The van der Waals surface area contributed by atoms with Crippen molar-refractivity contribution in [3.8, 4) is 5.75 Å². The van der Waals surface area contributed by atoms with E-state index < -0.39 is 5.54 Å². The van der Waals surface area contributed by atoms with E-state index in [4.69, 9.17) is 4.74 Å². The van der Waals surface area contributed by atoms with Crippen molar-refractivity contribution in [1.82, 2.24) is 20.5 Å². The number of benzene rings is 1. The molecule has 0 radical (unpaired) electrons. The fraction of sp³-hybridized carbons (Fsp3) is 0.462. The first-order valence-electron chi connectivity index (χ1n) is 12.0. The fourth-order valence-corrected chi connectivity index (χ4v) is 4.91. The molecule has 2 aliphatic heterocycles. The molecular weight excluding hydrogens is 451 g/mol. The summed E-state index contributed by atoms with van der Waals surface area (Å²) in [6, 6.07) is 8.19. The summed E-state index contributed by atoms with van der Waals surface area (Å²) >= 11 is 0. The zero-order chi connectivity index (χ0) is 24.8. The van der Waals surface area contributed by atoms with Gasteiger partial charge in [-0.2, -0.15) is 0 Å². The molecule has 186 valence electrons. The molecule has 4 rings (SSSR count). The molecule has 8 nitrogen and oxygen atoms in total. The van der Waals surface area contributed by atoms with Crippen LogP contribution in [0, 0.1) is 5.82 Å². The lowest BCUT2D eigenvalue weighted by molar-refractivity contribution is -0.133. The Balaban J connectivity index is 1.48. The Morgan fingerprint density at radius 2 is 2.11 bits per heavy atom. The first-order valence-corrected chi connectivity index (χ1v) is 12.0. The molecule has 0 aliphatic carbocycles. The van der Waals surface area contributed by atoms with E-state index in [2.05, 4.69) is 15.6 Å². The molecule has 3 amide bonds. The van der Waals surface area contributed by atoms with Crippen molar-refractivity contribution in [3.05, 3.63) is 59.7 Å². The van der Waals surface area contributed by atoms with E-state index in [0.29, 0.717) is 56.5 Å². The summed E-state index contributed by atoms with van der Waals surface area (Å²) in [7, 11) is 1.52. The number of nitrogens with zero attached hydrogens (tertiary/aromatic N) is 2. The summed E-state index contributed by atoms with van der Waals surface area (Å²) in [6.45, 7) is 0.784. The van der Waals surface area contributed by atoms with Crippen molar-refractivity contribution < 1.29 is 23.5 Å². The van der Waals surface area contributed by atoms with Crippen LogP contribution in [-0.4, -0.2) is 52.8 Å². The van der Waals surface area contributed by atoms with E-state index in [9.17, 15) is 18.8 Å². The van der Waals surface area contributed by atoms with Crippen molar-refractivity contribution in [2.24, 2.45) is 0 Å². The maximum atomic E-state index is 14.6. The number of halogens is 1. The number of rotatable bonds is 10. The van der Waals surface area contributed by atoms with Gasteiger partial charge >= 0.3 is 0 Å². The van der Waals surface area contributed by atoms with Crippen molar-refractivity contribution in [1.29, 1.82) is 0 Å². The number of nitrogens with one attached hydrogen (secondary N) is 2. The number of hydrogen-bond donors (Lipinski definition) is 2. The summed E-state index contributed by atoms with van der Waals surface area (Å²) in [5.41, 5.74) is 0.633. The highest BCUT2D eigenvalue weighted by Gasteiger charge is 2.39. The van der Waals surface area contributed by atoms with Crippen LogP contribution < -0.4 is 15.4 Å². The maximum absolute atomic E-state index is 14.6. The Morgan fingerprint density at radius 3 is 2.77 bits per heavy atom. The van der Waals surface area contributed by atoms with Gasteiger partial charge in [-0.15, -0.1) is 0 Å². The first kappa shape index (κ1) is 24.6. The smallest absolute Gasteiger partial charge is 0.223 e. The maximum Gasteiger partial charge on any atom is 0.223 e. The van der Waals surface area contributed by atoms with Gasteiger partial charge in [0.05, 0.1) is 7.11 Å². The molecule has 2 atom stereocenters. The van der Waals surface area contributed by atoms with E-state index in [1.807, 2.05) is 12.1 Å². The third-order valence-electron chi connectivity index (χ3n) is 6.81. The van der Waals surface area contributed by atoms with Crippen LogP contribution in [0.25, 0.3) is 0 Å².